The Morgan fingerprint density at radius 1 is 1.26 bits per heavy atom. The van der Waals surface area contributed by atoms with Gasteiger partial charge in [0.25, 0.3) is 5.56 Å². The second-order valence-corrected chi connectivity index (χ2v) is 3.65. The summed E-state index contributed by atoms with van der Waals surface area (Å²) >= 11 is 0. The van der Waals surface area contributed by atoms with E-state index in [9.17, 15) is 4.79 Å². The topological polar surface area (TPSA) is 135 Å². The first-order valence-electron chi connectivity index (χ1n) is 5.16. The van der Waals surface area contributed by atoms with Crippen LogP contribution in [0.1, 0.15) is 11.1 Å². The van der Waals surface area contributed by atoms with Gasteiger partial charge in [0.05, 0.1) is 0 Å². The van der Waals surface area contributed by atoms with E-state index in [1.165, 1.54) is 12.4 Å². The van der Waals surface area contributed by atoms with Gasteiger partial charge in [0.1, 0.15) is 29.1 Å². The molecule has 2 rings (SSSR count). The SMILES string of the molecule is N#Cc1c(-c2cccnc2)c(C#N)c(=O)n(N)c1N. The zero-order valence-corrected chi connectivity index (χ0v) is 9.66. The largest absolute Gasteiger partial charge is 0.382 e. The number of nitrogen functional groups attached to an aromatic ring is 2. The Balaban J connectivity index is 3.00. The lowest BCUT2D eigenvalue weighted by Crippen LogP contribution is -2.33. The highest BCUT2D eigenvalue weighted by atomic mass is 16.1. The van der Waals surface area contributed by atoms with Gasteiger partial charge in [-0.3, -0.25) is 9.78 Å². The number of aromatic nitrogens is 2. The zero-order chi connectivity index (χ0) is 14.0. The molecular formula is C12H8N6O. The van der Waals surface area contributed by atoms with E-state index in [0.29, 0.717) is 10.2 Å². The summed E-state index contributed by atoms with van der Waals surface area (Å²) in [7, 11) is 0. The molecule has 4 N–H and O–H groups in total. The molecule has 0 aliphatic rings. The summed E-state index contributed by atoms with van der Waals surface area (Å²) < 4.78 is 0.594. The van der Waals surface area contributed by atoms with Crippen molar-refractivity contribution in [3.05, 3.63) is 46.0 Å². The van der Waals surface area contributed by atoms with Gasteiger partial charge in [-0.15, -0.1) is 0 Å². The number of hydrogen-bond acceptors (Lipinski definition) is 6. The predicted octanol–water partition coefficient (Wildman–Crippen LogP) is -0.0503. The predicted molar refractivity (Wildman–Crippen MR) is 67.9 cm³/mol. The Kier molecular flexibility index (Phi) is 2.88. The number of pyridine rings is 2. The van der Waals surface area contributed by atoms with Crippen molar-refractivity contribution in [3.63, 3.8) is 0 Å². The smallest absolute Gasteiger partial charge is 0.289 e. The van der Waals surface area contributed by atoms with E-state index in [4.69, 9.17) is 22.1 Å². The lowest BCUT2D eigenvalue weighted by molar-refractivity contribution is 0.942. The zero-order valence-electron chi connectivity index (χ0n) is 9.66. The number of hydrogen-bond donors (Lipinski definition) is 2. The molecule has 0 unspecified atom stereocenters. The van der Waals surface area contributed by atoms with Gasteiger partial charge in [0, 0.05) is 23.5 Å². The molecular weight excluding hydrogens is 244 g/mol. The van der Waals surface area contributed by atoms with Gasteiger partial charge in [0.2, 0.25) is 0 Å². The molecule has 19 heavy (non-hydrogen) atoms. The molecule has 0 aromatic carbocycles. The van der Waals surface area contributed by atoms with Crippen molar-refractivity contribution in [3.8, 4) is 23.3 Å². The molecule has 0 fully saturated rings. The Labute approximate surface area is 107 Å². The van der Waals surface area contributed by atoms with Crippen LogP contribution >= 0.6 is 0 Å². The van der Waals surface area contributed by atoms with Crippen LogP contribution in [0.3, 0.4) is 0 Å². The first-order valence-corrected chi connectivity index (χ1v) is 5.16. The fraction of sp³-hybridized carbons (Fsp3) is 0. The number of rotatable bonds is 1. The normalized spacial score (nSPS) is 9.58. The van der Waals surface area contributed by atoms with Crippen LogP contribution in [0.4, 0.5) is 5.82 Å². The van der Waals surface area contributed by atoms with E-state index in [1.54, 1.807) is 18.2 Å². The second-order valence-electron chi connectivity index (χ2n) is 3.65. The summed E-state index contributed by atoms with van der Waals surface area (Å²) in [6.07, 6.45) is 2.98. The molecule has 2 aromatic rings. The molecule has 0 saturated heterocycles. The van der Waals surface area contributed by atoms with E-state index in [1.807, 2.05) is 6.07 Å². The standard InChI is InChI=1S/C12H8N6O/c13-4-8-10(7-2-1-3-17-6-7)9(5-14)12(19)18(16)11(8)15/h1-3,6H,15-16H2. The average molecular weight is 252 g/mol. The fourth-order valence-electron chi connectivity index (χ4n) is 1.73. The maximum absolute atomic E-state index is 11.9. The van der Waals surface area contributed by atoms with Gasteiger partial charge in [0.15, 0.2) is 0 Å². The summed E-state index contributed by atoms with van der Waals surface area (Å²) in [5.41, 5.74) is 5.25. The highest BCUT2D eigenvalue weighted by Gasteiger charge is 2.20. The van der Waals surface area contributed by atoms with Crippen LogP contribution < -0.4 is 17.1 Å². The molecule has 0 radical (unpaired) electrons. The maximum atomic E-state index is 11.9. The van der Waals surface area contributed by atoms with Crippen molar-refractivity contribution in [2.45, 2.75) is 0 Å². The minimum absolute atomic E-state index is 0.0216. The Morgan fingerprint density at radius 3 is 2.47 bits per heavy atom. The molecule has 7 heteroatoms. The first kappa shape index (κ1) is 12.1. The van der Waals surface area contributed by atoms with Gasteiger partial charge < -0.3 is 11.6 Å². The second kappa shape index (κ2) is 4.51. The fourth-order valence-corrected chi connectivity index (χ4v) is 1.73. The Bertz CT molecular complexity index is 779. The molecule has 2 heterocycles. The summed E-state index contributed by atoms with van der Waals surface area (Å²) in [5.74, 6) is 5.25. The van der Waals surface area contributed by atoms with E-state index in [-0.39, 0.29) is 22.5 Å². The van der Waals surface area contributed by atoms with Crippen LogP contribution in [0.2, 0.25) is 0 Å². The highest BCUT2D eigenvalue weighted by molar-refractivity contribution is 5.79. The first-order chi connectivity index (χ1) is 9.11. The minimum atomic E-state index is -0.752. The molecule has 0 spiro atoms. The van der Waals surface area contributed by atoms with Crippen molar-refractivity contribution in [2.24, 2.45) is 0 Å². The van der Waals surface area contributed by atoms with Crippen LogP contribution in [0.25, 0.3) is 11.1 Å². The van der Waals surface area contributed by atoms with Crippen molar-refractivity contribution in [1.29, 1.82) is 10.5 Å². The van der Waals surface area contributed by atoms with Crippen LogP contribution in [-0.4, -0.2) is 9.66 Å². The molecule has 0 aliphatic heterocycles. The number of anilines is 1. The van der Waals surface area contributed by atoms with Gasteiger partial charge >= 0.3 is 0 Å². The van der Waals surface area contributed by atoms with Gasteiger partial charge in [-0.05, 0) is 6.07 Å². The van der Waals surface area contributed by atoms with Gasteiger partial charge in [-0.1, -0.05) is 6.07 Å². The quantitative estimate of drug-likeness (QED) is 0.683. The minimum Gasteiger partial charge on any atom is -0.382 e. The summed E-state index contributed by atoms with van der Waals surface area (Å²) in [6, 6.07) is 6.87. The Morgan fingerprint density at radius 2 is 1.95 bits per heavy atom. The van der Waals surface area contributed by atoms with Crippen molar-refractivity contribution in [1.82, 2.24) is 9.66 Å². The van der Waals surface area contributed by atoms with Crippen LogP contribution in [0.5, 0.6) is 0 Å². The lowest BCUT2D eigenvalue weighted by atomic mass is 9.98. The molecule has 0 bridgehead atoms. The number of nitrogens with zero attached hydrogens (tertiary/aromatic N) is 4. The maximum Gasteiger partial charge on any atom is 0.289 e. The van der Waals surface area contributed by atoms with Crippen molar-refractivity contribution in [2.75, 3.05) is 11.6 Å². The van der Waals surface area contributed by atoms with Crippen LogP contribution in [0.15, 0.2) is 29.3 Å². The molecule has 0 aliphatic carbocycles. The van der Waals surface area contributed by atoms with Gasteiger partial charge in [-0.25, -0.2) is 4.68 Å². The highest BCUT2D eigenvalue weighted by Crippen LogP contribution is 2.27. The third-order valence-electron chi connectivity index (χ3n) is 2.62. The number of nitrogens with two attached hydrogens (primary N) is 2. The number of nitriles is 2. The van der Waals surface area contributed by atoms with E-state index < -0.39 is 5.56 Å². The van der Waals surface area contributed by atoms with Crippen LogP contribution in [-0.2, 0) is 0 Å². The molecule has 0 amide bonds. The lowest BCUT2D eigenvalue weighted by Gasteiger charge is -2.11. The summed E-state index contributed by atoms with van der Waals surface area (Å²) in [4.78, 5) is 15.8. The van der Waals surface area contributed by atoms with Crippen LogP contribution in [0, 0.1) is 22.7 Å². The monoisotopic (exact) mass is 252 g/mol. The molecule has 92 valence electrons. The van der Waals surface area contributed by atoms with E-state index in [0.717, 1.165) is 0 Å². The van der Waals surface area contributed by atoms with E-state index in [2.05, 4.69) is 4.98 Å². The van der Waals surface area contributed by atoms with Gasteiger partial charge in [-0.2, -0.15) is 10.5 Å². The average Bonchev–Trinajstić information content (AvgIpc) is 2.45. The van der Waals surface area contributed by atoms with Crippen molar-refractivity contribution < 1.29 is 0 Å². The Hall–Kier alpha value is -3.32. The molecule has 0 saturated carbocycles. The molecule has 0 atom stereocenters. The molecule has 2 aromatic heterocycles. The summed E-state index contributed by atoms with van der Waals surface area (Å²) in [5, 5.41) is 18.3. The van der Waals surface area contributed by atoms with E-state index >= 15 is 0 Å². The third kappa shape index (κ3) is 1.75. The molecule has 7 nitrogen and oxygen atoms in total. The third-order valence-corrected chi connectivity index (χ3v) is 2.62. The van der Waals surface area contributed by atoms with Crippen molar-refractivity contribution >= 4 is 5.82 Å². The summed E-state index contributed by atoms with van der Waals surface area (Å²) in [6.45, 7) is 0.